The Labute approximate surface area is 171 Å². The topological polar surface area (TPSA) is 61.5 Å². The summed E-state index contributed by atoms with van der Waals surface area (Å²) >= 11 is 0. The molecule has 154 valence electrons. The highest BCUT2D eigenvalue weighted by molar-refractivity contribution is 5.46. The molecule has 1 atom stereocenters. The molecule has 1 aromatic heterocycles. The monoisotopic (exact) mass is 394 g/mol. The molecule has 0 bridgehead atoms. The predicted molar refractivity (Wildman–Crippen MR) is 115 cm³/mol. The summed E-state index contributed by atoms with van der Waals surface area (Å²) in [5, 5.41) is 0. The fourth-order valence-corrected chi connectivity index (χ4v) is 5.49. The Balaban J connectivity index is 1.46. The number of aromatic amines is 1. The number of nitrogens with zero attached hydrogens (tertiary/aromatic N) is 3. The van der Waals surface area contributed by atoms with Crippen molar-refractivity contribution in [1.82, 2.24) is 9.97 Å². The molecule has 3 fully saturated rings. The lowest BCUT2D eigenvalue weighted by molar-refractivity contribution is 0.122. The predicted octanol–water partition coefficient (Wildman–Crippen LogP) is 2.99. The van der Waals surface area contributed by atoms with E-state index in [1.807, 2.05) is 0 Å². The third-order valence-electron chi connectivity index (χ3n) is 6.92. The Morgan fingerprint density at radius 2 is 1.90 bits per heavy atom. The number of hydrogen-bond donors (Lipinski definition) is 1. The maximum absolute atomic E-state index is 12.5. The molecule has 29 heavy (non-hydrogen) atoms. The first-order valence-electron chi connectivity index (χ1n) is 11.0. The van der Waals surface area contributed by atoms with Crippen molar-refractivity contribution in [3.8, 4) is 0 Å². The minimum absolute atomic E-state index is 0.0673. The molecule has 2 saturated heterocycles. The first-order chi connectivity index (χ1) is 14.2. The number of H-pyrrole nitrogens is 1. The van der Waals surface area contributed by atoms with Crippen LogP contribution in [-0.4, -0.2) is 48.9 Å². The zero-order valence-corrected chi connectivity index (χ0v) is 17.0. The largest absolute Gasteiger partial charge is 0.378 e. The van der Waals surface area contributed by atoms with Crippen molar-refractivity contribution in [2.45, 2.75) is 44.6 Å². The second-order valence-corrected chi connectivity index (χ2v) is 8.91. The molecule has 1 aliphatic carbocycles. The first-order valence-corrected chi connectivity index (χ1v) is 11.0. The van der Waals surface area contributed by atoms with Crippen LogP contribution in [0.4, 0.5) is 11.8 Å². The van der Waals surface area contributed by atoms with Crippen LogP contribution >= 0.6 is 0 Å². The standard InChI is InChI=1S/C23H30N4O2/c28-21-15-20(26-10-12-29-13-11-26)24-22(25-21)27-17-23(8-4-5-9-23)16-19(27)14-18-6-2-1-3-7-18/h1-3,6-7,15,19H,4-5,8-14,16-17H2,(H,24,25,28)/t19-/m1/s1. The number of anilines is 2. The molecule has 2 aromatic rings. The average molecular weight is 395 g/mol. The van der Waals surface area contributed by atoms with Gasteiger partial charge < -0.3 is 14.5 Å². The summed E-state index contributed by atoms with van der Waals surface area (Å²) < 4.78 is 5.46. The minimum Gasteiger partial charge on any atom is -0.378 e. The SMILES string of the molecule is O=c1cc(N2CCOCC2)nc(N2CC3(CCCC3)C[C@H]2Cc2ccccc2)[nH]1. The lowest BCUT2D eigenvalue weighted by Gasteiger charge is -2.30. The lowest BCUT2D eigenvalue weighted by atomic mass is 9.83. The van der Waals surface area contributed by atoms with Gasteiger partial charge in [-0.05, 0) is 36.7 Å². The zero-order chi connectivity index (χ0) is 19.7. The van der Waals surface area contributed by atoms with Crippen LogP contribution in [0, 0.1) is 5.41 Å². The molecule has 6 heteroatoms. The van der Waals surface area contributed by atoms with Gasteiger partial charge in [0, 0.05) is 31.7 Å². The average Bonchev–Trinajstić information content (AvgIpc) is 3.36. The molecular weight excluding hydrogens is 364 g/mol. The van der Waals surface area contributed by atoms with Crippen LogP contribution in [0.15, 0.2) is 41.2 Å². The third-order valence-corrected chi connectivity index (χ3v) is 6.92. The van der Waals surface area contributed by atoms with Gasteiger partial charge in [0.25, 0.3) is 5.56 Å². The summed E-state index contributed by atoms with van der Waals surface area (Å²) in [6.45, 7) is 3.95. The van der Waals surface area contributed by atoms with E-state index in [0.29, 0.717) is 24.7 Å². The second-order valence-electron chi connectivity index (χ2n) is 8.91. The summed E-state index contributed by atoms with van der Waals surface area (Å²) in [6, 6.07) is 12.7. The van der Waals surface area contributed by atoms with E-state index in [-0.39, 0.29) is 5.56 Å². The van der Waals surface area contributed by atoms with Crippen molar-refractivity contribution in [3.05, 3.63) is 52.3 Å². The molecule has 1 N–H and O–H groups in total. The third kappa shape index (κ3) is 3.90. The molecule has 1 spiro atoms. The van der Waals surface area contributed by atoms with Crippen molar-refractivity contribution in [1.29, 1.82) is 0 Å². The van der Waals surface area contributed by atoms with Crippen LogP contribution in [0.25, 0.3) is 0 Å². The molecule has 1 saturated carbocycles. The van der Waals surface area contributed by atoms with Crippen molar-refractivity contribution in [2.24, 2.45) is 5.41 Å². The van der Waals surface area contributed by atoms with Crippen LogP contribution in [0.3, 0.4) is 0 Å². The number of hydrogen-bond acceptors (Lipinski definition) is 5. The number of morpholine rings is 1. The highest BCUT2D eigenvalue weighted by Crippen LogP contribution is 2.49. The number of rotatable bonds is 4. The van der Waals surface area contributed by atoms with Crippen LogP contribution in [0.1, 0.15) is 37.7 Å². The molecule has 2 aliphatic heterocycles. The number of nitrogens with one attached hydrogen (secondary N) is 1. The molecule has 3 aliphatic rings. The van der Waals surface area contributed by atoms with Crippen LogP contribution < -0.4 is 15.4 Å². The molecule has 0 radical (unpaired) electrons. The van der Waals surface area contributed by atoms with Gasteiger partial charge in [0.05, 0.1) is 13.2 Å². The van der Waals surface area contributed by atoms with Crippen molar-refractivity contribution >= 4 is 11.8 Å². The van der Waals surface area contributed by atoms with E-state index in [9.17, 15) is 4.79 Å². The summed E-state index contributed by atoms with van der Waals surface area (Å²) in [4.78, 5) is 25.0. The molecule has 6 nitrogen and oxygen atoms in total. The minimum atomic E-state index is -0.0673. The van der Waals surface area contributed by atoms with E-state index in [0.717, 1.165) is 37.8 Å². The Morgan fingerprint density at radius 1 is 1.14 bits per heavy atom. The smallest absolute Gasteiger partial charge is 0.254 e. The molecule has 0 amide bonds. The highest BCUT2D eigenvalue weighted by Gasteiger charge is 2.46. The van der Waals surface area contributed by atoms with Gasteiger partial charge in [-0.25, -0.2) is 0 Å². The van der Waals surface area contributed by atoms with Crippen LogP contribution in [0.2, 0.25) is 0 Å². The van der Waals surface area contributed by atoms with Gasteiger partial charge in [0.2, 0.25) is 5.95 Å². The summed E-state index contributed by atoms with van der Waals surface area (Å²) in [5.41, 5.74) is 1.67. The Kier molecular flexibility index (Phi) is 5.04. The molecule has 1 aromatic carbocycles. The van der Waals surface area contributed by atoms with E-state index in [1.165, 1.54) is 37.7 Å². The Hall–Kier alpha value is -2.34. The molecule has 3 heterocycles. The van der Waals surface area contributed by atoms with Crippen molar-refractivity contribution in [2.75, 3.05) is 42.6 Å². The van der Waals surface area contributed by atoms with Gasteiger partial charge in [0.15, 0.2) is 0 Å². The van der Waals surface area contributed by atoms with Gasteiger partial charge in [0.1, 0.15) is 5.82 Å². The summed E-state index contributed by atoms with van der Waals surface area (Å²) in [7, 11) is 0. The fourth-order valence-electron chi connectivity index (χ4n) is 5.49. The van der Waals surface area contributed by atoms with Gasteiger partial charge in [-0.2, -0.15) is 4.98 Å². The summed E-state index contributed by atoms with van der Waals surface area (Å²) in [6.07, 6.45) is 7.42. The van der Waals surface area contributed by atoms with Gasteiger partial charge in [-0.1, -0.05) is 43.2 Å². The van der Waals surface area contributed by atoms with E-state index in [4.69, 9.17) is 9.72 Å². The first kappa shape index (κ1) is 18.7. The maximum atomic E-state index is 12.5. The fraction of sp³-hybridized carbons (Fsp3) is 0.565. The maximum Gasteiger partial charge on any atom is 0.254 e. The van der Waals surface area contributed by atoms with Crippen LogP contribution in [-0.2, 0) is 11.2 Å². The lowest BCUT2D eigenvalue weighted by Crippen LogP contribution is -2.39. The van der Waals surface area contributed by atoms with E-state index in [2.05, 4.69) is 45.1 Å². The second kappa shape index (κ2) is 7.82. The Morgan fingerprint density at radius 3 is 2.66 bits per heavy atom. The van der Waals surface area contributed by atoms with Gasteiger partial charge >= 0.3 is 0 Å². The number of ether oxygens (including phenoxy) is 1. The van der Waals surface area contributed by atoms with E-state index < -0.39 is 0 Å². The molecule has 5 rings (SSSR count). The summed E-state index contributed by atoms with van der Waals surface area (Å²) in [5.74, 6) is 1.52. The van der Waals surface area contributed by atoms with E-state index in [1.54, 1.807) is 6.07 Å². The number of benzene rings is 1. The quantitative estimate of drug-likeness (QED) is 0.864. The molecular formula is C23H30N4O2. The van der Waals surface area contributed by atoms with Crippen LogP contribution in [0.5, 0.6) is 0 Å². The van der Waals surface area contributed by atoms with Crippen molar-refractivity contribution in [3.63, 3.8) is 0 Å². The Bertz CT molecular complexity index is 885. The van der Waals surface area contributed by atoms with Gasteiger partial charge in [-0.3, -0.25) is 9.78 Å². The highest BCUT2D eigenvalue weighted by atomic mass is 16.5. The normalized spacial score (nSPS) is 23.8. The molecule has 0 unspecified atom stereocenters. The van der Waals surface area contributed by atoms with Crippen molar-refractivity contribution < 1.29 is 4.74 Å². The van der Waals surface area contributed by atoms with E-state index >= 15 is 0 Å². The van der Waals surface area contributed by atoms with Gasteiger partial charge in [-0.15, -0.1) is 0 Å². The zero-order valence-electron chi connectivity index (χ0n) is 17.0. The number of aromatic nitrogens is 2.